The van der Waals surface area contributed by atoms with Crippen LogP contribution in [0.25, 0.3) is 16.7 Å². The predicted molar refractivity (Wildman–Crippen MR) is 157 cm³/mol. The van der Waals surface area contributed by atoms with Gasteiger partial charge in [0, 0.05) is 43.4 Å². The molecule has 10 heteroatoms. The van der Waals surface area contributed by atoms with E-state index in [2.05, 4.69) is 44.9 Å². The molecule has 1 aliphatic heterocycles. The predicted octanol–water partition coefficient (Wildman–Crippen LogP) is 3.30. The quantitative estimate of drug-likeness (QED) is 0.284. The minimum atomic E-state index is -0.630. The number of carbonyl (C=O) groups excluding carboxylic acids is 1. The fourth-order valence-electron chi connectivity index (χ4n) is 5.70. The van der Waals surface area contributed by atoms with Crippen molar-refractivity contribution in [1.29, 1.82) is 0 Å². The van der Waals surface area contributed by atoms with E-state index in [-0.39, 0.29) is 17.1 Å². The molecule has 6 rings (SSSR count). The molecule has 0 atom stereocenters. The molecule has 0 bridgehead atoms. The Balaban J connectivity index is 1.28. The number of aliphatic hydroxyl groups excluding tert-OH is 1. The average molecular weight is 555 g/mol. The number of hydrogen-bond acceptors (Lipinski definition) is 8. The van der Waals surface area contributed by atoms with Gasteiger partial charge in [0.2, 0.25) is 11.4 Å². The number of piperidine rings is 1. The van der Waals surface area contributed by atoms with Gasteiger partial charge in [0.1, 0.15) is 5.56 Å². The van der Waals surface area contributed by atoms with E-state index in [9.17, 15) is 14.7 Å². The summed E-state index contributed by atoms with van der Waals surface area (Å²) in [5.74, 6) is -0.282. The second-order valence-corrected chi connectivity index (χ2v) is 10.8. The van der Waals surface area contributed by atoms with Gasteiger partial charge in [-0.2, -0.15) is 4.98 Å². The molecule has 4 aromatic rings. The number of aryl methyl sites for hydroxylation is 2. The van der Waals surface area contributed by atoms with E-state index in [0.717, 1.165) is 69.5 Å². The first-order valence-corrected chi connectivity index (χ1v) is 14.1. The van der Waals surface area contributed by atoms with Crippen molar-refractivity contribution in [2.75, 3.05) is 32.1 Å². The van der Waals surface area contributed by atoms with Crippen LogP contribution in [0.1, 0.15) is 46.3 Å². The van der Waals surface area contributed by atoms with E-state index in [1.54, 1.807) is 4.57 Å². The monoisotopic (exact) mass is 554 g/mol. The Morgan fingerprint density at radius 3 is 2.66 bits per heavy atom. The first-order chi connectivity index (χ1) is 20.0. The largest absolute Gasteiger partial charge is 0.393 e. The number of likely N-dealkylation sites (tertiary alicyclic amines) is 1. The lowest BCUT2D eigenvalue weighted by Crippen LogP contribution is -2.37. The highest BCUT2D eigenvalue weighted by Crippen LogP contribution is 2.26. The van der Waals surface area contributed by atoms with Crippen molar-refractivity contribution < 1.29 is 14.7 Å². The number of hydrogen-bond donors (Lipinski definition) is 3. The Bertz CT molecular complexity index is 1630. The van der Waals surface area contributed by atoms with Crippen molar-refractivity contribution in [3.63, 3.8) is 0 Å². The molecule has 3 N–H and O–H groups in total. The summed E-state index contributed by atoms with van der Waals surface area (Å²) in [4.78, 5) is 42.2. The van der Waals surface area contributed by atoms with Gasteiger partial charge in [-0.3, -0.25) is 14.4 Å². The van der Waals surface area contributed by atoms with E-state index in [4.69, 9.17) is 9.82 Å². The minimum Gasteiger partial charge on any atom is -0.393 e. The smallest absolute Gasteiger partial charge is 0.280 e. The molecule has 1 amide bonds. The molecule has 10 nitrogen and oxygen atoms in total. The number of carbonyl (C=O) groups is 1. The summed E-state index contributed by atoms with van der Waals surface area (Å²) in [6.45, 7) is 2.85. The van der Waals surface area contributed by atoms with Gasteiger partial charge in [-0.25, -0.2) is 10.5 Å². The molecule has 2 aromatic carbocycles. The van der Waals surface area contributed by atoms with Crippen LogP contribution < -0.4 is 16.2 Å². The summed E-state index contributed by atoms with van der Waals surface area (Å²) >= 11 is 0. The number of aromatic nitrogens is 3. The zero-order valence-corrected chi connectivity index (χ0v) is 23.1. The number of nitrogens with zero attached hydrogens (tertiary/aromatic N) is 4. The van der Waals surface area contributed by atoms with Gasteiger partial charge in [0.15, 0.2) is 5.65 Å². The maximum absolute atomic E-state index is 13.3. The van der Waals surface area contributed by atoms with Crippen LogP contribution in [0.3, 0.4) is 0 Å². The third kappa shape index (κ3) is 5.85. The molecule has 0 saturated carbocycles. The number of pyridine rings is 1. The van der Waals surface area contributed by atoms with E-state index in [1.165, 1.54) is 36.2 Å². The maximum Gasteiger partial charge on any atom is 0.280 e. The summed E-state index contributed by atoms with van der Waals surface area (Å²) in [6.07, 6.45) is 8.62. The third-order valence-electron chi connectivity index (χ3n) is 8.03. The number of aliphatic hydroxyl groups is 1. The van der Waals surface area contributed by atoms with E-state index in [1.807, 2.05) is 18.2 Å². The van der Waals surface area contributed by atoms with Gasteiger partial charge in [-0.1, -0.05) is 18.2 Å². The number of hydroxylamine groups is 1. The molecule has 3 heterocycles. The van der Waals surface area contributed by atoms with Gasteiger partial charge in [0.05, 0.1) is 18.6 Å². The van der Waals surface area contributed by atoms with Crippen LogP contribution in [0.2, 0.25) is 0 Å². The van der Waals surface area contributed by atoms with Gasteiger partial charge in [-0.15, -0.1) is 0 Å². The van der Waals surface area contributed by atoms with E-state index in [0.29, 0.717) is 11.6 Å². The second kappa shape index (κ2) is 11.8. The zero-order valence-electron chi connectivity index (χ0n) is 23.1. The lowest BCUT2D eigenvalue weighted by Gasteiger charge is -2.29. The number of rotatable bonds is 8. The van der Waals surface area contributed by atoms with Crippen LogP contribution in [0.15, 0.2) is 59.7 Å². The Labute approximate surface area is 238 Å². The van der Waals surface area contributed by atoms with Crippen LogP contribution in [-0.2, 0) is 24.1 Å². The Morgan fingerprint density at radius 2 is 1.88 bits per heavy atom. The number of amides is 1. The first kappa shape index (κ1) is 27.1. The van der Waals surface area contributed by atoms with Gasteiger partial charge < -0.3 is 19.9 Å². The summed E-state index contributed by atoms with van der Waals surface area (Å²) in [7, 11) is 1.33. The van der Waals surface area contributed by atoms with Gasteiger partial charge in [-0.05, 0) is 79.5 Å². The molecule has 2 aromatic heterocycles. The van der Waals surface area contributed by atoms with Gasteiger partial charge in [0.25, 0.3) is 5.91 Å². The number of fused-ring (bicyclic) bond motifs is 2. The van der Waals surface area contributed by atoms with Crippen molar-refractivity contribution in [2.45, 2.75) is 44.6 Å². The topological polar surface area (TPSA) is 122 Å². The highest BCUT2D eigenvalue weighted by atomic mass is 16.6. The zero-order chi connectivity index (χ0) is 28.3. The van der Waals surface area contributed by atoms with Crippen molar-refractivity contribution in [3.8, 4) is 5.69 Å². The normalized spacial score (nSPS) is 15.7. The van der Waals surface area contributed by atoms with Crippen LogP contribution in [0, 0.1) is 0 Å². The average Bonchev–Trinajstić information content (AvgIpc) is 3.46. The fourth-order valence-corrected chi connectivity index (χ4v) is 5.70. The molecule has 2 aliphatic rings. The Kier molecular flexibility index (Phi) is 7.78. The molecule has 0 unspecified atom stereocenters. The Morgan fingerprint density at radius 1 is 1.10 bits per heavy atom. The molecular weight excluding hydrogens is 520 g/mol. The van der Waals surface area contributed by atoms with Crippen LogP contribution in [0.4, 0.5) is 11.6 Å². The molecule has 212 valence electrons. The molecule has 0 spiro atoms. The third-order valence-corrected chi connectivity index (χ3v) is 8.03. The fraction of sp³-hybridized carbons (Fsp3) is 0.355. The van der Waals surface area contributed by atoms with E-state index < -0.39 is 11.3 Å². The molecule has 41 heavy (non-hydrogen) atoms. The highest BCUT2D eigenvalue weighted by Gasteiger charge is 2.20. The molecule has 1 saturated heterocycles. The summed E-state index contributed by atoms with van der Waals surface area (Å²) in [5.41, 5.74) is 7.60. The summed E-state index contributed by atoms with van der Waals surface area (Å²) in [6, 6.07) is 14.4. The molecule has 1 aliphatic carbocycles. The lowest BCUT2D eigenvalue weighted by molar-refractivity contribution is 0.0536. The van der Waals surface area contributed by atoms with Crippen molar-refractivity contribution in [3.05, 3.63) is 87.3 Å². The van der Waals surface area contributed by atoms with Crippen LogP contribution >= 0.6 is 0 Å². The molecular formula is C31H34N6O4. The van der Waals surface area contributed by atoms with Crippen molar-refractivity contribution >= 4 is 28.6 Å². The van der Waals surface area contributed by atoms with Crippen LogP contribution in [-0.4, -0.2) is 63.3 Å². The van der Waals surface area contributed by atoms with Crippen molar-refractivity contribution in [1.82, 2.24) is 24.9 Å². The Hall–Kier alpha value is -4.12. The second-order valence-electron chi connectivity index (χ2n) is 10.8. The van der Waals surface area contributed by atoms with Gasteiger partial charge >= 0.3 is 0 Å². The van der Waals surface area contributed by atoms with Crippen molar-refractivity contribution in [2.24, 2.45) is 0 Å². The van der Waals surface area contributed by atoms with E-state index >= 15 is 0 Å². The number of nitrogens with one attached hydrogen (secondary N) is 2. The standard InChI is InChI=1S/C31H34N6O4/c1-41-35-30(40)27-19-37(24-10-7-21-3-2-4-22(21)17-24)29-26(28(27)39)18-32-31(34-29)33-23-8-5-20(6-9-23)11-14-36-15-12-25(38)13-16-36/h5-10,17-19,25,38H,2-4,11-16H2,1H3,(H,35,40)(H,32,33,34). The highest BCUT2D eigenvalue weighted by molar-refractivity contribution is 5.96. The lowest BCUT2D eigenvalue weighted by atomic mass is 10.1. The molecule has 0 radical (unpaired) electrons. The SMILES string of the molecule is CONC(=O)c1cn(-c2ccc3c(c2)CCC3)c2nc(Nc3ccc(CCN4CCC(O)CC4)cc3)ncc2c1=O. The number of benzene rings is 2. The first-order valence-electron chi connectivity index (χ1n) is 14.1. The number of anilines is 2. The molecule has 1 fully saturated rings. The van der Waals surface area contributed by atoms with Crippen LogP contribution in [0.5, 0.6) is 0 Å². The summed E-state index contributed by atoms with van der Waals surface area (Å²) in [5, 5.41) is 13.2. The summed E-state index contributed by atoms with van der Waals surface area (Å²) < 4.78 is 1.77. The maximum atomic E-state index is 13.3. The minimum absolute atomic E-state index is 0.0551.